The number of hydrogen-bond donors (Lipinski definition) is 0. The maximum atomic E-state index is 12.8. The van der Waals surface area contributed by atoms with Crippen LogP contribution in [-0.2, 0) is 4.79 Å². The first-order valence-corrected chi connectivity index (χ1v) is 8.94. The predicted molar refractivity (Wildman–Crippen MR) is 108 cm³/mol. The molecule has 1 saturated heterocycles. The zero-order valence-corrected chi connectivity index (χ0v) is 16.1. The van der Waals surface area contributed by atoms with Crippen molar-refractivity contribution in [2.75, 3.05) is 26.2 Å². The number of carbonyl (C=O) groups excluding carboxylic acids is 1. The summed E-state index contributed by atoms with van der Waals surface area (Å²) in [4.78, 5) is 14.9. The lowest BCUT2D eigenvalue weighted by Gasteiger charge is -2.14. The molecule has 0 N–H and O–H groups in total. The fraction of sp³-hybridized carbons (Fsp3) is 0.158. The van der Waals surface area contributed by atoms with Crippen LogP contribution in [0.3, 0.4) is 0 Å². The third kappa shape index (κ3) is 3.40. The van der Waals surface area contributed by atoms with Crippen LogP contribution in [0.4, 0.5) is 5.69 Å². The lowest BCUT2D eigenvalue weighted by atomic mass is 10.1. The number of ether oxygens (including phenoxy) is 3. The molecular formula is C19H17NO4S2. The number of thiocarbonyl (C=S) groups is 1. The van der Waals surface area contributed by atoms with Crippen LogP contribution in [0.1, 0.15) is 5.56 Å². The number of methoxy groups -OCH3 is 3. The standard InChI is InChI=1S/C19H17NO4S2/c1-22-14-9-12(10-15(23-2)17(14)24-3)11-16-18(21)20(19(25)26-16)13-7-5-4-6-8-13/h4-11H,1-3H3/b16-11-. The summed E-state index contributed by atoms with van der Waals surface area (Å²) in [7, 11) is 4.65. The van der Waals surface area contributed by atoms with Gasteiger partial charge >= 0.3 is 0 Å². The fourth-order valence-corrected chi connectivity index (χ4v) is 3.90. The third-order valence-corrected chi connectivity index (χ3v) is 5.10. The average molecular weight is 387 g/mol. The second-order valence-corrected chi connectivity index (χ2v) is 6.99. The molecule has 2 aromatic carbocycles. The van der Waals surface area contributed by atoms with Crippen molar-refractivity contribution >= 4 is 46.0 Å². The zero-order valence-electron chi connectivity index (χ0n) is 14.5. The number of carbonyl (C=O) groups is 1. The second-order valence-electron chi connectivity index (χ2n) is 5.31. The Morgan fingerprint density at radius 1 is 1.00 bits per heavy atom. The molecule has 2 aromatic rings. The lowest BCUT2D eigenvalue weighted by molar-refractivity contribution is -0.113. The summed E-state index contributed by atoms with van der Waals surface area (Å²) in [5, 5.41) is 0. The van der Waals surface area contributed by atoms with Crippen molar-refractivity contribution in [3.05, 3.63) is 52.9 Å². The highest BCUT2D eigenvalue weighted by molar-refractivity contribution is 8.27. The van der Waals surface area contributed by atoms with Gasteiger partial charge in [0.2, 0.25) is 5.75 Å². The van der Waals surface area contributed by atoms with Crippen molar-refractivity contribution in [1.29, 1.82) is 0 Å². The van der Waals surface area contributed by atoms with Crippen LogP contribution in [0.15, 0.2) is 47.4 Å². The number of hydrogen-bond acceptors (Lipinski definition) is 6. The van der Waals surface area contributed by atoms with Gasteiger partial charge in [-0.05, 0) is 35.9 Å². The monoisotopic (exact) mass is 387 g/mol. The van der Waals surface area contributed by atoms with E-state index in [0.717, 1.165) is 11.3 Å². The summed E-state index contributed by atoms with van der Waals surface area (Å²) in [6, 6.07) is 12.9. The van der Waals surface area contributed by atoms with Gasteiger partial charge in [-0.2, -0.15) is 0 Å². The Morgan fingerprint density at radius 3 is 2.15 bits per heavy atom. The maximum Gasteiger partial charge on any atom is 0.270 e. The van der Waals surface area contributed by atoms with E-state index in [-0.39, 0.29) is 5.91 Å². The van der Waals surface area contributed by atoms with Crippen molar-refractivity contribution in [2.45, 2.75) is 0 Å². The number of thioether (sulfide) groups is 1. The molecule has 0 atom stereocenters. The molecule has 3 rings (SSSR count). The number of nitrogens with zero attached hydrogens (tertiary/aromatic N) is 1. The molecular weight excluding hydrogens is 370 g/mol. The molecule has 5 nitrogen and oxygen atoms in total. The van der Waals surface area contributed by atoms with E-state index >= 15 is 0 Å². The van der Waals surface area contributed by atoms with Gasteiger partial charge in [0.1, 0.15) is 0 Å². The maximum absolute atomic E-state index is 12.8. The molecule has 1 aliphatic rings. The van der Waals surface area contributed by atoms with Crippen LogP contribution >= 0.6 is 24.0 Å². The molecule has 0 unspecified atom stereocenters. The van der Waals surface area contributed by atoms with Gasteiger partial charge in [0.05, 0.1) is 31.9 Å². The van der Waals surface area contributed by atoms with Gasteiger partial charge in [0.25, 0.3) is 5.91 Å². The Balaban J connectivity index is 1.98. The van der Waals surface area contributed by atoms with Crippen LogP contribution in [0.2, 0.25) is 0 Å². The van der Waals surface area contributed by atoms with E-state index in [1.165, 1.54) is 16.7 Å². The van der Waals surface area contributed by atoms with Gasteiger partial charge in [-0.15, -0.1) is 0 Å². The van der Waals surface area contributed by atoms with E-state index in [0.29, 0.717) is 26.5 Å². The van der Waals surface area contributed by atoms with Crippen molar-refractivity contribution in [2.24, 2.45) is 0 Å². The first-order chi connectivity index (χ1) is 12.6. The molecule has 7 heteroatoms. The Morgan fingerprint density at radius 2 is 1.62 bits per heavy atom. The van der Waals surface area contributed by atoms with Gasteiger partial charge in [-0.25, -0.2) is 0 Å². The molecule has 0 saturated carbocycles. The Bertz CT molecular complexity index is 855. The van der Waals surface area contributed by atoms with E-state index in [9.17, 15) is 4.79 Å². The molecule has 0 aromatic heterocycles. The van der Waals surface area contributed by atoms with Crippen molar-refractivity contribution in [1.82, 2.24) is 0 Å². The quantitative estimate of drug-likeness (QED) is 0.568. The topological polar surface area (TPSA) is 48.0 Å². The highest BCUT2D eigenvalue weighted by Crippen LogP contribution is 2.41. The van der Waals surface area contributed by atoms with Gasteiger partial charge in [-0.3, -0.25) is 9.69 Å². The van der Waals surface area contributed by atoms with Crippen molar-refractivity contribution < 1.29 is 19.0 Å². The largest absolute Gasteiger partial charge is 0.493 e. The second kappa shape index (κ2) is 7.80. The van der Waals surface area contributed by atoms with Crippen LogP contribution in [0, 0.1) is 0 Å². The number of amides is 1. The minimum absolute atomic E-state index is 0.153. The van der Waals surface area contributed by atoms with Gasteiger partial charge in [-0.1, -0.05) is 42.2 Å². The summed E-state index contributed by atoms with van der Waals surface area (Å²) in [5.41, 5.74) is 1.51. The molecule has 1 amide bonds. The van der Waals surface area contributed by atoms with E-state index < -0.39 is 0 Å². The fourth-order valence-electron chi connectivity index (χ4n) is 2.60. The van der Waals surface area contributed by atoms with Crippen LogP contribution < -0.4 is 19.1 Å². The molecule has 1 heterocycles. The molecule has 134 valence electrons. The van der Waals surface area contributed by atoms with Crippen LogP contribution in [0.5, 0.6) is 17.2 Å². The van der Waals surface area contributed by atoms with Crippen molar-refractivity contribution in [3.8, 4) is 17.2 Å². The Kier molecular flexibility index (Phi) is 5.49. The molecule has 0 bridgehead atoms. The summed E-state index contributed by atoms with van der Waals surface area (Å²) < 4.78 is 16.5. The SMILES string of the molecule is COc1cc(/C=C2\SC(=S)N(c3ccccc3)C2=O)cc(OC)c1OC. The van der Waals surface area contributed by atoms with Crippen LogP contribution in [0.25, 0.3) is 6.08 Å². The molecule has 1 aliphatic heterocycles. The Labute approximate surface area is 161 Å². The van der Waals surface area contributed by atoms with Gasteiger partial charge in [0, 0.05) is 0 Å². The molecule has 26 heavy (non-hydrogen) atoms. The normalized spacial score (nSPS) is 15.5. The number of rotatable bonds is 5. The highest BCUT2D eigenvalue weighted by atomic mass is 32.2. The minimum atomic E-state index is -0.153. The zero-order chi connectivity index (χ0) is 18.7. The van der Waals surface area contributed by atoms with Crippen molar-refractivity contribution in [3.63, 3.8) is 0 Å². The minimum Gasteiger partial charge on any atom is -0.493 e. The van der Waals surface area contributed by atoms with E-state index in [1.807, 2.05) is 30.3 Å². The summed E-state index contributed by atoms with van der Waals surface area (Å²) in [6.07, 6.45) is 1.77. The third-order valence-electron chi connectivity index (χ3n) is 3.79. The van der Waals surface area contributed by atoms with E-state index in [4.69, 9.17) is 26.4 Å². The van der Waals surface area contributed by atoms with Crippen LogP contribution in [-0.4, -0.2) is 31.6 Å². The van der Waals surface area contributed by atoms with Gasteiger partial charge < -0.3 is 14.2 Å². The number of para-hydroxylation sites is 1. The summed E-state index contributed by atoms with van der Waals surface area (Å²) in [5.74, 6) is 1.40. The summed E-state index contributed by atoms with van der Waals surface area (Å²) >= 11 is 6.65. The first-order valence-electron chi connectivity index (χ1n) is 7.72. The van der Waals surface area contributed by atoms with E-state index in [1.54, 1.807) is 39.5 Å². The molecule has 0 aliphatic carbocycles. The Hall–Kier alpha value is -2.51. The number of benzene rings is 2. The predicted octanol–water partition coefficient (Wildman–Crippen LogP) is 4.12. The molecule has 1 fully saturated rings. The summed E-state index contributed by atoms with van der Waals surface area (Å²) in [6.45, 7) is 0. The lowest BCUT2D eigenvalue weighted by Crippen LogP contribution is -2.27. The first kappa shape index (κ1) is 18.3. The molecule has 0 spiro atoms. The van der Waals surface area contributed by atoms with E-state index in [2.05, 4.69) is 0 Å². The smallest absolute Gasteiger partial charge is 0.270 e. The van der Waals surface area contributed by atoms with Gasteiger partial charge in [0.15, 0.2) is 15.8 Å². The highest BCUT2D eigenvalue weighted by Gasteiger charge is 2.33. The number of anilines is 1. The average Bonchev–Trinajstić information content (AvgIpc) is 2.94. The molecule has 0 radical (unpaired) electrons.